The van der Waals surface area contributed by atoms with Crippen LogP contribution in [0.5, 0.6) is 0 Å². The molecule has 0 aromatic heterocycles. The van der Waals surface area contributed by atoms with Gasteiger partial charge in [-0.1, -0.05) is 30.3 Å². The van der Waals surface area contributed by atoms with E-state index in [1.54, 1.807) is 19.1 Å². The van der Waals surface area contributed by atoms with Crippen LogP contribution in [-0.4, -0.2) is 48.9 Å². The Balaban J connectivity index is 2.43. The quantitative estimate of drug-likeness (QED) is 0.810. The highest BCUT2D eigenvalue weighted by Crippen LogP contribution is 2.16. The molecule has 0 radical (unpaired) electrons. The molecule has 0 fully saturated rings. The molecule has 1 atom stereocenters. The molecular formula is C16H26N2O3. The van der Waals surface area contributed by atoms with Crippen LogP contribution in [0.2, 0.25) is 0 Å². The summed E-state index contributed by atoms with van der Waals surface area (Å²) in [5.74, 6) is 0. The maximum absolute atomic E-state index is 12.1. The summed E-state index contributed by atoms with van der Waals surface area (Å²) in [7, 11) is 3.32. The summed E-state index contributed by atoms with van der Waals surface area (Å²) in [4.78, 5) is 13.6. The number of rotatable bonds is 7. The fraction of sp³-hybridized carbons (Fsp3) is 0.562. The van der Waals surface area contributed by atoms with Crippen LogP contribution < -0.4 is 5.32 Å². The second-order valence-corrected chi connectivity index (χ2v) is 5.88. The van der Waals surface area contributed by atoms with Gasteiger partial charge in [-0.25, -0.2) is 4.79 Å². The molecule has 0 saturated heterocycles. The number of carbonyl (C=O) groups is 1. The van der Waals surface area contributed by atoms with Crippen LogP contribution in [0, 0.1) is 0 Å². The topological polar surface area (TPSA) is 61.8 Å². The van der Waals surface area contributed by atoms with Crippen LogP contribution >= 0.6 is 0 Å². The number of nitrogens with one attached hydrogen (secondary N) is 1. The van der Waals surface area contributed by atoms with Crippen molar-refractivity contribution >= 4 is 6.03 Å². The van der Waals surface area contributed by atoms with Crippen LogP contribution in [0.1, 0.15) is 31.9 Å². The molecule has 0 bridgehead atoms. The fourth-order valence-electron chi connectivity index (χ4n) is 2.04. The van der Waals surface area contributed by atoms with Crippen LogP contribution in [0.4, 0.5) is 4.79 Å². The molecule has 1 aromatic rings. The Labute approximate surface area is 126 Å². The summed E-state index contributed by atoms with van der Waals surface area (Å²) < 4.78 is 5.07. The molecule has 0 saturated carbocycles. The van der Waals surface area contributed by atoms with E-state index in [1.807, 2.05) is 44.2 Å². The highest BCUT2D eigenvalue weighted by Gasteiger charge is 2.22. The third-order valence-corrected chi connectivity index (χ3v) is 3.22. The van der Waals surface area contributed by atoms with E-state index in [0.717, 1.165) is 5.56 Å². The lowest BCUT2D eigenvalue weighted by Gasteiger charge is -2.29. The minimum absolute atomic E-state index is 0.169. The van der Waals surface area contributed by atoms with E-state index in [1.165, 1.54) is 0 Å². The van der Waals surface area contributed by atoms with Crippen LogP contribution in [0.25, 0.3) is 0 Å². The van der Waals surface area contributed by atoms with Crippen molar-refractivity contribution in [2.75, 3.05) is 27.3 Å². The molecule has 1 aromatic carbocycles. The lowest BCUT2D eigenvalue weighted by molar-refractivity contribution is 0.120. The summed E-state index contributed by atoms with van der Waals surface area (Å²) in [6.07, 6.45) is -0.0630. The largest absolute Gasteiger partial charge is 0.388 e. The Hall–Kier alpha value is -1.59. The van der Waals surface area contributed by atoms with Gasteiger partial charge in [0.2, 0.25) is 0 Å². The van der Waals surface area contributed by atoms with E-state index in [9.17, 15) is 9.90 Å². The first-order valence-corrected chi connectivity index (χ1v) is 7.11. The Morgan fingerprint density at radius 1 is 1.38 bits per heavy atom. The SMILES string of the molecule is COCC(C)(C)NC(=O)N(C)CC[C@@H](O)c1ccccc1. The smallest absolute Gasteiger partial charge is 0.317 e. The number of aliphatic hydroxyl groups is 1. The third kappa shape index (κ3) is 6.14. The first-order chi connectivity index (χ1) is 9.85. The average Bonchev–Trinajstić information content (AvgIpc) is 2.44. The normalized spacial score (nSPS) is 12.8. The molecule has 2 amide bonds. The van der Waals surface area contributed by atoms with E-state index in [4.69, 9.17) is 4.74 Å². The number of nitrogens with zero attached hydrogens (tertiary/aromatic N) is 1. The van der Waals surface area contributed by atoms with Crippen molar-refractivity contribution in [2.24, 2.45) is 0 Å². The molecule has 0 aliphatic carbocycles. The minimum Gasteiger partial charge on any atom is -0.388 e. The molecule has 0 aliphatic heterocycles. The summed E-state index contributed by atoms with van der Waals surface area (Å²) in [6, 6.07) is 9.29. The van der Waals surface area contributed by atoms with Crippen molar-refractivity contribution in [1.29, 1.82) is 0 Å². The zero-order valence-electron chi connectivity index (χ0n) is 13.3. The van der Waals surface area contributed by atoms with Crippen LogP contribution in [-0.2, 0) is 4.74 Å². The first-order valence-electron chi connectivity index (χ1n) is 7.11. The average molecular weight is 294 g/mol. The number of urea groups is 1. The summed E-state index contributed by atoms with van der Waals surface area (Å²) >= 11 is 0. The number of benzene rings is 1. The number of carbonyl (C=O) groups excluding carboxylic acids is 1. The summed E-state index contributed by atoms with van der Waals surface area (Å²) in [6.45, 7) is 4.73. The number of aliphatic hydroxyl groups excluding tert-OH is 1. The fourth-order valence-corrected chi connectivity index (χ4v) is 2.04. The van der Waals surface area contributed by atoms with Gasteiger partial charge in [-0.3, -0.25) is 0 Å². The molecule has 2 N–H and O–H groups in total. The van der Waals surface area contributed by atoms with Crippen molar-refractivity contribution in [2.45, 2.75) is 31.9 Å². The lowest BCUT2D eigenvalue weighted by atomic mass is 10.1. The third-order valence-electron chi connectivity index (χ3n) is 3.22. The standard InChI is InChI=1S/C16H26N2O3/c1-16(2,12-21-4)17-15(20)18(3)11-10-14(19)13-8-6-5-7-9-13/h5-9,14,19H,10-12H2,1-4H3,(H,17,20)/t14-/m1/s1. The van der Waals surface area contributed by atoms with Crippen molar-refractivity contribution < 1.29 is 14.6 Å². The van der Waals surface area contributed by atoms with Gasteiger partial charge in [-0.05, 0) is 25.8 Å². The number of hydrogen-bond acceptors (Lipinski definition) is 3. The highest BCUT2D eigenvalue weighted by molar-refractivity contribution is 5.74. The van der Waals surface area contributed by atoms with Crippen LogP contribution in [0.3, 0.4) is 0 Å². The maximum Gasteiger partial charge on any atom is 0.317 e. The molecule has 1 rings (SSSR count). The molecule has 0 spiro atoms. The van der Waals surface area contributed by atoms with Gasteiger partial charge in [0.15, 0.2) is 0 Å². The first kappa shape index (κ1) is 17.5. The lowest BCUT2D eigenvalue weighted by Crippen LogP contribution is -2.51. The molecule has 0 unspecified atom stereocenters. The molecule has 0 heterocycles. The Bertz CT molecular complexity index is 434. The highest BCUT2D eigenvalue weighted by atomic mass is 16.5. The van der Waals surface area contributed by atoms with Gasteiger partial charge < -0.3 is 20.1 Å². The Kier molecular flexibility index (Phi) is 6.65. The molecular weight excluding hydrogens is 268 g/mol. The molecule has 21 heavy (non-hydrogen) atoms. The van der Waals surface area contributed by atoms with Crippen molar-refractivity contribution in [3.63, 3.8) is 0 Å². The second kappa shape index (κ2) is 8.00. The molecule has 118 valence electrons. The zero-order valence-corrected chi connectivity index (χ0v) is 13.3. The Morgan fingerprint density at radius 3 is 2.57 bits per heavy atom. The van der Waals surface area contributed by atoms with Gasteiger partial charge in [0.05, 0.1) is 18.2 Å². The van der Waals surface area contributed by atoms with Gasteiger partial charge in [0, 0.05) is 20.7 Å². The predicted molar refractivity (Wildman–Crippen MR) is 83.1 cm³/mol. The summed E-state index contributed by atoms with van der Waals surface area (Å²) in [5, 5.41) is 13.0. The van der Waals surface area contributed by atoms with E-state index in [0.29, 0.717) is 19.6 Å². The number of ether oxygens (including phenoxy) is 1. The number of methoxy groups -OCH3 is 1. The van der Waals surface area contributed by atoms with Crippen LogP contribution in [0.15, 0.2) is 30.3 Å². The van der Waals surface area contributed by atoms with E-state index >= 15 is 0 Å². The van der Waals surface area contributed by atoms with Crippen molar-refractivity contribution in [3.8, 4) is 0 Å². The van der Waals surface area contributed by atoms with E-state index < -0.39 is 11.6 Å². The van der Waals surface area contributed by atoms with E-state index in [2.05, 4.69) is 5.32 Å². The van der Waals surface area contributed by atoms with Gasteiger partial charge >= 0.3 is 6.03 Å². The van der Waals surface area contributed by atoms with Crippen molar-refractivity contribution in [1.82, 2.24) is 10.2 Å². The molecule has 5 heteroatoms. The number of hydrogen-bond donors (Lipinski definition) is 2. The van der Waals surface area contributed by atoms with Gasteiger partial charge in [0.25, 0.3) is 0 Å². The molecule has 5 nitrogen and oxygen atoms in total. The maximum atomic E-state index is 12.1. The van der Waals surface area contributed by atoms with Gasteiger partial charge in [-0.2, -0.15) is 0 Å². The Morgan fingerprint density at radius 2 is 2.00 bits per heavy atom. The monoisotopic (exact) mass is 294 g/mol. The van der Waals surface area contributed by atoms with Crippen molar-refractivity contribution in [3.05, 3.63) is 35.9 Å². The van der Waals surface area contributed by atoms with Gasteiger partial charge in [-0.15, -0.1) is 0 Å². The predicted octanol–water partition coefficient (Wildman–Crippen LogP) is 2.18. The summed E-state index contributed by atoms with van der Waals surface area (Å²) in [5.41, 5.74) is 0.448. The van der Waals surface area contributed by atoms with E-state index in [-0.39, 0.29) is 6.03 Å². The second-order valence-electron chi connectivity index (χ2n) is 5.88. The number of amides is 2. The molecule has 0 aliphatic rings. The zero-order chi connectivity index (χ0) is 15.9. The van der Waals surface area contributed by atoms with Gasteiger partial charge in [0.1, 0.15) is 0 Å². The minimum atomic E-state index is -0.562.